The molecule has 2 aromatic rings. The van der Waals surface area contributed by atoms with Crippen molar-refractivity contribution in [1.82, 2.24) is 5.43 Å². The Bertz CT molecular complexity index is 569. The van der Waals surface area contributed by atoms with Gasteiger partial charge in [0.2, 0.25) is 0 Å². The highest BCUT2D eigenvalue weighted by molar-refractivity contribution is 7.10. The van der Waals surface area contributed by atoms with Crippen molar-refractivity contribution in [1.29, 1.82) is 0 Å². The number of hydrazine groups is 1. The molecule has 1 aromatic heterocycles. The average molecular weight is 292 g/mol. The van der Waals surface area contributed by atoms with Crippen LogP contribution in [0.15, 0.2) is 29.6 Å². The Hall–Kier alpha value is -1.56. The Morgan fingerprint density at radius 2 is 1.95 bits per heavy atom. The van der Waals surface area contributed by atoms with Gasteiger partial charge in [-0.3, -0.25) is 11.3 Å². The van der Waals surface area contributed by atoms with Crippen molar-refractivity contribution >= 4 is 11.3 Å². The van der Waals surface area contributed by atoms with Crippen LogP contribution in [0.5, 0.6) is 11.5 Å². The van der Waals surface area contributed by atoms with E-state index in [4.69, 9.17) is 15.3 Å². The van der Waals surface area contributed by atoms with Crippen LogP contribution in [0.4, 0.5) is 0 Å². The highest BCUT2D eigenvalue weighted by Gasteiger charge is 2.15. The van der Waals surface area contributed by atoms with E-state index in [0.717, 1.165) is 23.5 Å². The van der Waals surface area contributed by atoms with Crippen LogP contribution < -0.4 is 20.7 Å². The van der Waals surface area contributed by atoms with Crippen LogP contribution in [0.2, 0.25) is 0 Å². The topological polar surface area (TPSA) is 56.5 Å². The molecule has 0 aliphatic rings. The summed E-state index contributed by atoms with van der Waals surface area (Å²) in [7, 11) is 3.28. The molecule has 0 radical (unpaired) electrons. The van der Waals surface area contributed by atoms with Gasteiger partial charge in [-0.05, 0) is 48.1 Å². The van der Waals surface area contributed by atoms with Crippen molar-refractivity contribution in [2.24, 2.45) is 5.84 Å². The van der Waals surface area contributed by atoms with Crippen LogP contribution in [0.3, 0.4) is 0 Å². The maximum absolute atomic E-state index is 5.71. The van der Waals surface area contributed by atoms with E-state index in [9.17, 15) is 0 Å². The number of ether oxygens (including phenoxy) is 2. The molecule has 4 nitrogen and oxygen atoms in total. The molecule has 108 valence electrons. The summed E-state index contributed by atoms with van der Waals surface area (Å²) in [6, 6.07) is 8.16. The molecule has 1 heterocycles. The fraction of sp³-hybridized carbons (Fsp3) is 0.333. The molecule has 0 spiro atoms. The van der Waals surface area contributed by atoms with E-state index in [1.807, 2.05) is 18.2 Å². The minimum Gasteiger partial charge on any atom is -0.493 e. The predicted octanol–water partition coefficient (Wildman–Crippen LogP) is 2.82. The molecule has 1 aromatic carbocycles. The highest BCUT2D eigenvalue weighted by atomic mass is 32.1. The first kappa shape index (κ1) is 14.8. The Labute approximate surface area is 123 Å². The number of rotatable bonds is 6. The zero-order valence-electron chi connectivity index (χ0n) is 12.0. The maximum Gasteiger partial charge on any atom is 0.160 e. The molecule has 5 heteroatoms. The van der Waals surface area contributed by atoms with E-state index in [-0.39, 0.29) is 6.04 Å². The molecular formula is C15H20N2O2S. The Morgan fingerprint density at radius 3 is 2.50 bits per heavy atom. The monoisotopic (exact) mass is 292 g/mol. The lowest BCUT2D eigenvalue weighted by molar-refractivity contribution is 0.354. The minimum atomic E-state index is 0.0966. The summed E-state index contributed by atoms with van der Waals surface area (Å²) in [5, 5.41) is 2.09. The molecule has 0 aliphatic heterocycles. The highest BCUT2D eigenvalue weighted by Crippen LogP contribution is 2.30. The van der Waals surface area contributed by atoms with Crippen molar-refractivity contribution in [3.05, 3.63) is 45.6 Å². The summed E-state index contributed by atoms with van der Waals surface area (Å²) in [6.07, 6.45) is 0.800. The molecule has 3 N–H and O–H groups in total. The predicted molar refractivity (Wildman–Crippen MR) is 82.4 cm³/mol. The van der Waals surface area contributed by atoms with Crippen LogP contribution in [-0.2, 0) is 6.42 Å². The number of nitrogens with two attached hydrogens (primary N) is 1. The summed E-state index contributed by atoms with van der Waals surface area (Å²) in [4.78, 5) is 1.29. The molecule has 0 saturated carbocycles. The number of thiophene rings is 1. The zero-order valence-corrected chi connectivity index (χ0v) is 12.8. The number of methoxy groups -OCH3 is 2. The molecule has 20 heavy (non-hydrogen) atoms. The van der Waals surface area contributed by atoms with Gasteiger partial charge in [0.25, 0.3) is 0 Å². The standard InChI is InChI=1S/C15H20N2O2S/c1-10-12(6-7-20-10)13(17-16)8-11-4-5-14(18-2)15(9-11)19-3/h4-7,9,13,17H,8,16H2,1-3H3. The van der Waals surface area contributed by atoms with E-state index < -0.39 is 0 Å². The molecule has 1 atom stereocenters. The summed E-state index contributed by atoms with van der Waals surface area (Å²) < 4.78 is 10.6. The van der Waals surface area contributed by atoms with Crippen LogP contribution in [-0.4, -0.2) is 14.2 Å². The lowest BCUT2D eigenvalue weighted by Gasteiger charge is -2.17. The molecule has 0 bridgehead atoms. The molecule has 0 saturated heterocycles. The molecule has 2 rings (SSSR count). The first-order valence-electron chi connectivity index (χ1n) is 6.40. The van der Waals surface area contributed by atoms with Gasteiger partial charge in [-0.1, -0.05) is 6.07 Å². The smallest absolute Gasteiger partial charge is 0.160 e. The fourth-order valence-electron chi connectivity index (χ4n) is 2.26. The van der Waals surface area contributed by atoms with Crippen molar-refractivity contribution in [2.75, 3.05) is 14.2 Å². The first-order valence-corrected chi connectivity index (χ1v) is 7.28. The van der Waals surface area contributed by atoms with Gasteiger partial charge in [-0.2, -0.15) is 0 Å². The third kappa shape index (κ3) is 3.12. The van der Waals surface area contributed by atoms with E-state index in [1.54, 1.807) is 25.6 Å². The van der Waals surface area contributed by atoms with Gasteiger partial charge in [0.15, 0.2) is 11.5 Å². The first-order chi connectivity index (χ1) is 9.69. The Morgan fingerprint density at radius 1 is 1.20 bits per heavy atom. The molecular weight excluding hydrogens is 272 g/mol. The second kappa shape index (κ2) is 6.74. The second-order valence-corrected chi connectivity index (χ2v) is 5.67. The quantitative estimate of drug-likeness (QED) is 0.635. The largest absolute Gasteiger partial charge is 0.493 e. The fourth-order valence-corrected chi connectivity index (χ4v) is 3.02. The summed E-state index contributed by atoms with van der Waals surface area (Å²) in [6.45, 7) is 2.11. The van der Waals surface area contributed by atoms with Crippen molar-refractivity contribution in [3.8, 4) is 11.5 Å². The van der Waals surface area contributed by atoms with Crippen LogP contribution >= 0.6 is 11.3 Å². The molecule has 1 unspecified atom stereocenters. The average Bonchev–Trinajstić information content (AvgIpc) is 2.90. The van der Waals surface area contributed by atoms with E-state index in [2.05, 4.69) is 23.8 Å². The number of benzene rings is 1. The normalized spacial score (nSPS) is 12.2. The van der Waals surface area contributed by atoms with Crippen molar-refractivity contribution in [2.45, 2.75) is 19.4 Å². The van der Waals surface area contributed by atoms with E-state index in [0.29, 0.717) is 0 Å². The maximum atomic E-state index is 5.71. The van der Waals surface area contributed by atoms with Gasteiger partial charge in [-0.25, -0.2) is 0 Å². The zero-order chi connectivity index (χ0) is 14.5. The van der Waals surface area contributed by atoms with Gasteiger partial charge >= 0.3 is 0 Å². The van der Waals surface area contributed by atoms with Crippen LogP contribution in [0.25, 0.3) is 0 Å². The number of nitrogens with one attached hydrogen (secondary N) is 1. The minimum absolute atomic E-state index is 0.0966. The van der Waals surface area contributed by atoms with Gasteiger partial charge in [-0.15, -0.1) is 11.3 Å². The SMILES string of the molecule is COc1ccc(CC(NN)c2ccsc2C)cc1OC. The lowest BCUT2D eigenvalue weighted by atomic mass is 10.00. The molecule has 0 fully saturated rings. The number of hydrogen-bond acceptors (Lipinski definition) is 5. The third-order valence-corrected chi connectivity index (χ3v) is 4.22. The summed E-state index contributed by atoms with van der Waals surface area (Å²) in [5.41, 5.74) is 5.29. The van der Waals surface area contributed by atoms with Gasteiger partial charge in [0, 0.05) is 4.88 Å². The van der Waals surface area contributed by atoms with Crippen molar-refractivity contribution in [3.63, 3.8) is 0 Å². The van der Waals surface area contributed by atoms with Crippen molar-refractivity contribution < 1.29 is 9.47 Å². The number of hydrogen-bond donors (Lipinski definition) is 2. The van der Waals surface area contributed by atoms with Gasteiger partial charge in [0.1, 0.15) is 0 Å². The van der Waals surface area contributed by atoms with E-state index >= 15 is 0 Å². The molecule has 0 aliphatic carbocycles. The summed E-state index contributed by atoms with van der Waals surface area (Å²) in [5.74, 6) is 7.18. The second-order valence-electron chi connectivity index (χ2n) is 4.54. The molecule has 0 amide bonds. The Kier molecular flexibility index (Phi) is 5.00. The lowest BCUT2D eigenvalue weighted by Crippen LogP contribution is -2.29. The van der Waals surface area contributed by atoms with Crippen LogP contribution in [0, 0.1) is 6.92 Å². The third-order valence-electron chi connectivity index (χ3n) is 3.36. The van der Waals surface area contributed by atoms with E-state index in [1.165, 1.54) is 10.4 Å². The number of aryl methyl sites for hydroxylation is 1. The van der Waals surface area contributed by atoms with Gasteiger partial charge < -0.3 is 9.47 Å². The van der Waals surface area contributed by atoms with Gasteiger partial charge in [0.05, 0.1) is 20.3 Å². The Balaban J connectivity index is 2.22. The van der Waals surface area contributed by atoms with Crippen LogP contribution in [0.1, 0.15) is 22.0 Å². The summed E-state index contributed by atoms with van der Waals surface area (Å²) >= 11 is 1.73.